The van der Waals surface area contributed by atoms with Crippen molar-refractivity contribution in [3.8, 4) is 0 Å². The van der Waals surface area contributed by atoms with E-state index in [0.29, 0.717) is 12.3 Å². The number of carbonyl (C=O) groups is 1. The Bertz CT molecular complexity index is 146. The van der Waals surface area contributed by atoms with Crippen molar-refractivity contribution in [2.45, 2.75) is 52.1 Å². The second-order valence-corrected chi connectivity index (χ2v) is 3.89. The Morgan fingerprint density at radius 3 is 2.50 bits per heavy atom. The largest absolute Gasteiger partial charge is 0.463 e. The zero-order chi connectivity index (χ0) is 8.97. The fourth-order valence-corrected chi connectivity index (χ4v) is 1.76. The van der Waals surface area contributed by atoms with Gasteiger partial charge in [-0.1, -0.05) is 12.8 Å². The standard InChI is InChI=1S/C10H18O2/c1-8(2)12-10(11)7-9-5-3-4-6-9/h8-9H,3-7H2,1-2H3. The van der Waals surface area contributed by atoms with E-state index in [1.807, 2.05) is 13.8 Å². The lowest BCUT2D eigenvalue weighted by Gasteiger charge is -2.10. The van der Waals surface area contributed by atoms with E-state index in [0.717, 1.165) is 0 Å². The highest BCUT2D eigenvalue weighted by atomic mass is 16.5. The molecular formula is C10H18O2. The molecule has 0 spiro atoms. The molecule has 0 aromatic carbocycles. The highest BCUT2D eigenvalue weighted by Gasteiger charge is 2.19. The number of rotatable bonds is 3. The minimum Gasteiger partial charge on any atom is -0.463 e. The SMILES string of the molecule is CC(C)OC(=O)CC1CCCC1. The van der Waals surface area contributed by atoms with Gasteiger partial charge in [-0.05, 0) is 32.6 Å². The highest BCUT2D eigenvalue weighted by Crippen LogP contribution is 2.27. The van der Waals surface area contributed by atoms with Crippen molar-refractivity contribution < 1.29 is 9.53 Å². The van der Waals surface area contributed by atoms with Crippen molar-refractivity contribution in [3.05, 3.63) is 0 Å². The van der Waals surface area contributed by atoms with E-state index in [4.69, 9.17) is 4.74 Å². The summed E-state index contributed by atoms with van der Waals surface area (Å²) in [5, 5.41) is 0. The van der Waals surface area contributed by atoms with E-state index in [1.165, 1.54) is 25.7 Å². The molecule has 0 N–H and O–H groups in total. The Balaban J connectivity index is 2.16. The third-order valence-corrected chi connectivity index (χ3v) is 2.30. The van der Waals surface area contributed by atoms with Crippen LogP contribution in [0.1, 0.15) is 46.0 Å². The van der Waals surface area contributed by atoms with Gasteiger partial charge >= 0.3 is 5.97 Å². The molecule has 0 atom stereocenters. The monoisotopic (exact) mass is 170 g/mol. The number of ether oxygens (including phenoxy) is 1. The summed E-state index contributed by atoms with van der Waals surface area (Å²) < 4.78 is 5.07. The molecular weight excluding hydrogens is 152 g/mol. The molecule has 2 heteroatoms. The fourth-order valence-electron chi connectivity index (χ4n) is 1.76. The maximum Gasteiger partial charge on any atom is 0.306 e. The van der Waals surface area contributed by atoms with E-state index < -0.39 is 0 Å². The third kappa shape index (κ3) is 3.24. The van der Waals surface area contributed by atoms with E-state index >= 15 is 0 Å². The van der Waals surface area contributed by atoms with Crippen LogP contribution in [0.4, 0.5) is 0 Å². The second-order valence-electron chi connectivity index (χ2n) is 3.89. The van der Waals surface area contributed by atoms with Gasteiger partial charge in [-0.25, -0.2) is 0 Å². The first kappa shape index (κ1) is 9.56. The van der Waals surface area contributed by atoms with Crippen molar-refractivity contribution in [2.24, 2.45) is 5.92 Å². The van der Waals surface area contributed by atoms with Gasteiger partial charge in [0.2, 0.25) is 0 Å². The van der Waals surface area contributed by atoms with Gasteiger partial charge < -0.3 is 4.74 Å². The van der Waals surface area contributed by atoms with Crippen LogP contribution < -0.4 is 0 Å². The first-order valence-corrected chi connectivity index (χ1v) is 4.88. The van der Waals surface area contributed by atoms with Crippen molar-refractivity contribution in [1.82, 2.24) is 0 Å². The third-order valence-electron chi connectivity index (χ3n) is 2.30. The molecule has 1 aliphatic carbocycles. The van der Waals surface area contributed by atoms with Gasteiger partial charge in [-0.15, -0.1) is 0 Å². The normalized spacial score (nSPS) is 18.6. The summed E-state index contributed by atoms with van der Waals surface area (Å²) in [7, 11) is 0. The molecule has 70 valence electrons. The highest BCUT2D eigenvalue weighted by molar-refractivity contribution is 5.69. The topological polar surface area (TPSA) is 26.3 Å². The van der Waals surface area contributed by atoms with Crippen LogP contribution in [0.25, 0.3) is 0 Å². The molecule has 12 heavy (non-hydrogen) atoms. The smallest absolute Gasteiger partial charge is 0.306 e. The first-order valence-electron chi connectivity index (χ1n) is 4.88. The van der Waals surface area contributed by atoms with Crippen LogP contribution in [0.3, 0.4) is 0 Å². The minimum atomic E-state index is -0.0168. The van der Waals surface area contributed by atoms with Crippen LogP contribution in [0.2, 0.25) is 0 Å². The molecule has 0 aliphatic heterocycles. The predicted octanol–water partition coefficient (Wildman–Crippen LogP) is 2.52. The molecule has 0 saturated heterocycles. The van der Waals surface area contributed by atoms with Crippen molar-refractivity contribution in [1.29, 1.82) is 0 Å². The van der Waals surface area contributed by atoms with Crippen LogP contribution in [0, 0.1) is 5.92 Å². The van der Waals surface area contributed by atoms with Crippen molar-refractivity contribution in [2.75, 3.05) is 0 Å². The maximum atomic E-state index is 11.2. The molecule has 0 aromatic heterocycles. The van der Waals surface area contributed by atoms with Crippen LogP contribution in [-0.4, -0.2) is 12.1 Å². The summed E-state index contributed by atoms with van der Waals surface area (Å²) >= 11 is 0. The molecule has 0 aromatic rings. The summed E-state index contributed by atoms with van der Waals surface area (Å²) in [6.07, 6.45) is 5.69. The minimum absolute atomic E-state index is 0.0168. The van der Waals surface area contributed by atoms with Gasteiger partial charge in [0.25, 0.3) is 0 Å². The fraction of sp³-hybridized carbons (Fsp3) is 0.900. The molecule has 1 fully saturated rings. The summed E-state index contributed by atoms with van der Waals surface area (Å²) in [6.45, 7) is 3.79. The van der Waals surface area contributed by atoms with Crippen LogP contribution >= 0.6 is 0 Å². The van der Waals surface area contributed by atoms with Crippen LogP contribution in [0.5, 0.6) is 0 Å². The summed E-state index contributed by atoms with van der Waals surface area (Å²) in [4.78, 5) is 11.2. The van der Waals surface area contributed by atoms with Gasteiger partial charge in [0, 0.05) is 6.42 Å². The summed E-state index contributed by atoms with van der Waals surface area (Å²) in [6, 6.07) is 0. The maximum absolute atomic E-state index is 11.2. The summed E-state index contributed by atoms with van der Waals surface area (Å²) in [5.74, 6) is 0.591. The van der Waals surface area contributed by atoms with E-state index in [2.05, 4.69) is 0 Å². The first-order chi connectivity index (χ1) is 5.68. The van der Waals surface area contributed by atoms with Gasteiger partial charge in [0.15, 0.2) is 0 Å². The number of carbonyl (C=O) groups excluding carboxylic acids is 1. The molecule has 1 rings (SSSR count). The van der Waals surface area contributed by atoms with E-state index in [9.17, 15) is 4.79 Å². The van der Waals surface area contributed by atoms with Crippen molar-refractivity contribution >= 4 is 5.97 Å². The van der Waals surface area contributed by atoms with Gasteiger partial charge in [-0.3, -0.25) is 4.79 Å². The molecule has 2 nitrogen and oxygen atoms in total. The lowest BCUT2D eigenvalue weighted by atomic mass is 10.0. The number of hydrogen-bond acceptors (Lipinski definition) is 2. The molecule has 1 saturated carbocycles. The van der Waals surface area contributed by atoms with E-state index in [1.54, 1.807) is 0 Å². The molecule has 1 aliphatic rings. The predicted molar refractivity (Wildman–Crippen MR) is 47.8 cm³/mol. The lowest BCUT2D eigenvalue weighted by Crippen LogP contribution is -2.14. The second kappa shape index (κ2) is 4.48. The quantitative estimate of drug-likeness (QED) is 0.608. The zero-order valence-electron chi connectivity index (χ0n) is 8.01. The van der Waals surface area contributed by atoms with Gasteiger partial charge in [0.05, 0.1) is 6.10 Å². The molecule has 0 amide bonds. The summed E-state index contributed by atoms with van der Waals surface area (Å²) in [5.41, 5.74) is 0. The Morgan fingerprint density at radius 1 is 1.42 bits per heavy atom. The zero-order valence-corrected chi connectivity index (χ0v) is 8.01. The van der Waals surface area contributed by atoms with Gasteiger partial charge in [0.1, 0.15) is 0 Å². The Morgan fingerprint density at radius 2 is 2.00 bits per heavy atom. The Labute approximate surface area is 74.3 Å². The number of esters is 1. The average Bonchev–Trinajstić information content (AvgIpc) is 2.37. The number of hydrogen-bond donors (Lipinski definition) is 0. The van der Waals surface area contributed by atoms with Gasteiger partial charge in [-0.2, -0.15) is 0 Å². The van der Waals surface area contributed by atoms with E-state index in [-0.39, 0.29) is 12.1 Å². The molecule has 0 heterocycles. The van der Waals surface area contributed by atoms with Crippen molar-refractivity contribution in [3.63, 3.8) is 0 Å². The molecule has 0 radical (unpaired) electrons. The lowest BCUT2D eigenvalue weighted by molar-refractivity contribution is -0.148. The Kier molecular flexibility index (Phi) is 3.57. The average molecular weight is 170 g/mol. The molecule has 0 bridgehead atoms. The van der Waals surface area contributed by atoms with Crippen LogP contribution in [-0.2, 0) is 9.53 Å². The molecule has 0 unspecified atom stereocenters. The van der Waals surface area contributed by atoms with Crippen LogP contribution in [0.15, 0.2) is 0 Å². The Hall–Kier alpha value is -0.530.